The molecule has 5 nitrogen and oxygen atoms in total. The fraction of sp³-hybridized carbons (Fsp3) is 0.0435. The summed E-state index contributed by atoms with van der Waals surface area (Å²) in [5, 5.41) is 3.23. The molecular weight excluding hydrogens is 623 g/mol. The first kappa shape index (κ1) is 29.2. The summed E-state index contributed by atoms with van der Waals surface area (Å²) >= 11 is 0. The number of imidazole rings is 1. The first-order valence-corrected chi connectivity index (χ1v) is 17.4. The van der Waals surface area contributed by atoms with Gasteiger partial charge < -0.3 is 0 Å². The number of allylic oxidation sites excluding steroid dienone is 4. The van der Waals surface area contributed by atoms with Crippen molar-refractivity contribution < 1.29 is 0 Å². The number of hydrogen-bond donors (Lipinski definition) is 0. The normalized spacial score (nSPS) is 13.0. The van der Waals surface area contributed by atoms with E-state index in [1.807, 2.05) is 30.5 Å². The smallest absolute Gasteiger partial charge is 0.165 e. The van der Waals surface area contributed by atoms with E-state index in [0.29, 0.717) is 5.82 Å². The first-order chi connectivity index (χ1) is 25.3. The minimum atomic E-state index is 0.711. The van der Waals surface area contributed by atoms with E-state index in [1.54, 1.807) is 0 Å². The van der Waals surface area contributed by atoms with Gasteiger partial charge in [0, 0.05) is 39.0 Å². The van der Waals surface area contributed by atoms with Gasteiger partial charge in [-0.25, -0.2) is 19.9 Å². The van der Waals surface area contributed by atoms with Gasteiger partial charge in [0.25, 0.3) is 0 Å². The summed E-state index contributed by atoms with van der Waals surface area (Å²) in [5.41, 5.74) is 13.3. The first-order valence-electron chi connectivity index (χ1n) is 17.4. The predicted molar refractivity (Wildman–Crippen MR) is 209 cm³/mol. The summed E-state index contributed by atoms with van der Waals surface area (Å²) in [6.45, 7) is 0. The van der Waals surface area contributed by atoms with Crippen LogP contribution in [0.1, 0.15) is 18.4 Å². The van der Waals surface area contributed by atoms with Gasteiger partial charge in [0.05, 0.1) is 16.9 Å². The molecule has 0 aliphatic heterocycles. The topological polar surface area (TPSA) is 56.0 Å². The van der Waals surface area contributed by atoms with Crippen LogP contribution in [0, 0.1) is 0 Å². The summed E-state index contributed by atoms with van der Waals surface area (Å²) in [4.78, 5) is 20.3. The van der Waals surface area contributed by atoms with Gasteiger partial charge in [-0.2, -0.15) is 0 Å². The van der Waals surface area contributed by atoms with E-state index in [4.69, 9.17) is 19.9 Å². The zero-order chi connectivity index (χ0) is 33.7. The van der Waals surface area contributed by atoms with Crippen LogP contribution in [0.4, 0.5) is 0 Å². The molecular formula is C46H31N5. The Morgan fingerprint density at radius 2 is 1.18 bits per heavy atom. The molecule has 1 aliphatic rings. The van der Waals surface area contributed by atoms with Crippen molar-refractivity contribution in [2.24, 2.45) is 0 Å². The van der Waals surface area contributed by atoms with E-state index in [-0.39, 0.29) is 0 Å². The Morgan fingerprint density at radius 1 is 0.471 bits per heavy atom. The van der Waals surface area contributed by atoms with Gasteiger partial charge in [0.2, 0.25) is 0 Å². The molecule has 10 rings (SSSR count). The summed E-state index contributed by atoms with van der Waals surface area (Å²) in [5.74, 6) is 0.711. The number of hydrogen-bond acceptors (Lipinski definition) is 4. The van der Waals surface area contributed by atoms with E-state index in [0.717, 1.165) is 90.5 Å². The lowest BCUT2D eigenvalue weighted by Gasteiger charge is -2.12. The molecule has 0 bridgehead atoms. The number of aromatic nitrogens is 5. The maximum absolute atomic E-state index is 5.22. The predicted octanol–water partition coefficient (Wildman–Crippen LogP) is 11.4. The Kier molecular flexibility index (Phi) is 6.88. The fourth-order valence-corrected chi connectivity index (χ4v) is 7.28. The van der Waals surface area contributed by atoms with Crippen LogP contribution in [-0.4, -0.2) is 24.3 Å². The fourth-order valence-electron chi connectivity index (χ4n) is 7.28. The molecule has 5 aromatic carbocycles. The Hall–Kier alpha value is -6.72. The largest absolute Gasteiger partial charge is 0.284 e. The molecule has 0 saturated heterocycles. The molecule has 0 atom stereocenters. The Balaban J connectivity index is 1.02. The molecule has 0 unspecified atom stereocenters. The van der Waals surface area contributed by atoms with Crippen molar-refractivity contribution in [1.29, 1.82) is 0 Å². The lowest BCUT2D eigenvalue weighted by molar-refractivity contribution is 1.04. The highest BCUT2D eigenvalue weighted by Gasteiger charge is 2.16. The lowest BCUT2D eigenvalue weighted by atomic mass is 9.97. The highest BCUT2D eigenvalue weighted by Crippen LogP contribution is 2.36. The SMILES string of the molecule is C1=CC(c2ccc(-c3nc(-c4ccc(-c5cccc(-c6nc7c(nc8ccccn87)c7ccccc67)c5)cc4)nc4ccccc34)cc2)=CCC1. The third-order valence-electron chi connectivity index (χ3n) is 9.86. The van der Waals surface area contributed by atoms with Crippen LogP contribution in [0.15, 0.2) is 164 Å². The molecule has 5 heteroatoms. The average Bonchev–Trinajstić information content (AvgIpc) is 3.60. The highest BCUT2D eigenvalue weighted by molar-refractivity contribution is 6.09. The van der Waals surface area contributed by atoms with Gasteiger partial charge in [-0.3, -0.25) is 4.40 Å². The van der Waals surface area contributed by atoms with Crippen molar-refractivity contribution in [3.8, 4) is 45.0 Å². The van der Waals surface area contributed by atoms with Gasteiger partial charge in [0.1, 0.15) is 11.2 Å². The van der Waals surface area contributed by atoms with Crippen LogP contribution in [0.3, 0.4) is 0 Å². The minimum Gasteiger partial charge on any atom is -0.284 e. The van der Waals surface area contributed by atoms with Crippen molar-refractivity contribution in [3.63, 3.8) is 0 Å². The minimum absolute atomic E-state index is 0.711. The van der Waals surface area contributed by atoms with Crippen molar-refractivity contribution in [2.45, 2.75) is 12.8 Å². The Morgan fingerprint density at radius 3 is 2.02 bits per heavy atom. The molecule has 0 fully saturated rings. The summed E-state index contributed by atoms with van der Waals surface area (Å²) in [6.07, 6.45) is 11.0. The molecule has 4 heterocycles. The third-order valence-corrected chi connectivity index (χ3v) is 9.86. The van der Waals surface area contributed by atoms with Crippen molar-refractivity contribution >= 4 is 44.1 Å². The molecule has 0 amide bonds. The van der Waals surface area contributed by atoms with Crippen LogP contribution in [-0.2, 0) is 0 Å². The monoisotopic (exact) mass is 653 g/mol. The summed E-state index contributed by atoms with van der Waals surface area (Å²) in [6, 6.07) is 48.7. The van der Waals surface area contributed by atoms with E-state index in [9.17, 15) is 0 Å². The second-order valence-electron chi connectivity index (χ2n) is 13.0. The molecule has 0 N–H and O–H groups in total. The number of fused-ring (bicyclic) bond motifs is 6. The van der Waals surface area contributed by atoms with Crippen molar-refractivity contribution in [1.82, 2.24) is 24.3 Å². The highest BCUT2D eigenvalue weighted by atomic mass is 15.1. The molecule has 1 aliphatic carbocycles. The molecule has 4 aromatic heterocycles. The van der Waals surface area contributed by atoms with Crippen LogP contribution < -0.4 is 0 Å². The second-order valence-corrected chi connectivity index (χ2v) is 13.0. The molecule has 0 saturated carbocycles. The van der Waals surface area contributed by atoms with Gasteiger partial charge >= 0.3 is 0 Å². The van der Waals surface area contributed by atoms with E-state index < -0.39 is 0 Å². The molecule has 0 radical (unpaired) electrons. The lowest BCUT2D eigenvalue weighted by Crippen LogP contribution is -1.95. The van der Waals surface area contributed by atoms with Crippen LogP contribution >= 0.6 is 0 Å². The zero-order valence-corrected chi connectivity index (χ0v) is 27.7. The Bertz CT molecular complexity index is 2840. The van der Waals surface area contributed by atoms with E-state index in [1.165, 1.54) is 11.1 Å². The van der Waals surface area contributed by atoms with Gasteiger partial charge in [0.15, 0.2) is 11.5 Å². The number of para-hydroxylation sites is 1. The maximum atomic E-state index is 5.22. The zero-order valence-electron chi connectivity index (χ0n) is 27.7. The number of benzene rings is 5. The van der Waals surface area contributed by atoms with Gasteiger partial charge in [-0.05, 0) is 59.4 Å². The van der Waals surface area contributed by atoms with Gasteiger partial charge in [-0.15, -0.1) is 0 Å². The Labute approximate surface area is 295 Å². The number of nitrogens with zero attached hydrogens (tertiary/aromatic N) is 5. The van der Waals surface area contributed by atoms with E-state index in [2.05, 4.69) is 138 Å². The van der Waals surface area contributed by atoms with Gasteiger partial charge in [-0.1, -0.05) is 133 Å². The maximum Gasteiger partial charge on any atom is 0.165 e. The summed E-state index contributed by atoms with van der Waals surface area (Å²) < 4.78 is 2.07. The number of rotatable bonds is 5. The molecule has 51 heavy (non-hydrogen) atoms. The van der Waals surface area contributed by atoms with Crippen molar-refractivity contribution in [3.05, 3.63) is 170 Å². The molecule has 0 spiro atoms. The number of pyridine rings is 2. The third kappa shape index (κ3) is 5.10. The van der Waals surface area contributed by atoms with Crippen LogP contribution in [0.5, 0.6) is 0 Å². The van der Waals surface area contributed by atoms with Crippen LogP contribution in [0.25, 0.3) is 89.1 Å². The summed E-state index contributed by atoms with van der Waals surface area (Å²) in [7, 11) is 0. The second kappa shape index (κ2) is 12.0. The van der Waals surface area contributed by atoms with Crippen molar-refractivity contribution in [2.75, 3.05) is 0 Å². The van der Waals surface area contributed by atoms with E-state index >= 15 is 0 Å². The van der Waals surface area contributed by atoms with Crippen LogP contribution in [0.2, 0.25) is 0 Å². The standard InChI is InChI=1S/C46H31N5/c1-2-11-30(12-3-1)31-20-24-33(25-21-31)42-39-17-6-7-18-40(39)47-45(49-42)34-26-22-32(23-27-34)35-13-10-14-36(29-35)43-37-15-4-5-16-38(37)44-46(50-43)51-28-9-8-19-41(51)48-44/h2,4-29H,1,3H2. The molecule has 9 aromatic rings. The quantitative estimate of drug-likeness (QED) is 0.185. The average molecular weight is 654 g/mol. The molecule has 240 valence electrons.